The quantitative estimate of drug-likeness (QED) is 0.878. The van der Waals surface area contributed by atoms with E-state index in [1.165, 1.54) is 0 Å². The topological polar surface area (TPSA) is 58.2 Å². The van der Waals surface area contributed by atoms with E-state index in [0.29, 0.717) is 11.5 Å². The van der Waals surface area contributed by atoms with Crippen molar-refractivity contribution in [2.24, 2.45) is 0 Å². The van der Waals surface area contributed by atoms with Crippen molar-refractivity contribution >= 4 is 22.4 Å². The van der Waals surface area contributed by atoms with Crippen LogP contribution in [0.25, 0.3) is 0 Å². The summed E-state index contributed by atoms with van der Waals surface area (Å²) >= 11 is 0. The maximum absolute atomic E-state index is 12.3. The van der Waals surface area contributed by atoms with Gasteiger partial charge in [0, 0.05) is 46.1 Å². The lowest BCUT2D eigenvalue weighted by Gasteiger charge is -2.23. The Kier molecular flexibility index (Phi) is 5.79. The van der Waals surface area contributed by atoms with Crippen LogP contribution in [0.5, 0.6) is 0 Å². The monoisotopic (exact) mass is 308 g/mol. The van der Waals surface area contributed by atoms with Gasteiger partial charge in [-0.15, -0.1) is 0 Å². The van der Waals surface area contributed by atoms with Crippen LogP contribution in [0.15, 0.2) is 18.2 Å². The van der Waals surface area contributed by atoms with Crippen LogP contribution >= 0.6 is 0 Å². The van der Waals surface area contributed by atoms with E-state index >= 15 is 0 Å². The van der Waals surface area contributed by atoms with Gasteiger partial charge in [0.15, 0.2) is 0 Å². The Morgan fingerprint density at radius 1 is 1.33 bits per heavy atom. The first kappa shape index (κ1) is 16.0. The van der Waals surface area contributed by atoms with E-state index in [9.17, 15) is 9.00 Å². The summed E-state index contributed by atoms with van der Waals surface area (Å²) in [5.74, 6) is 1.38. The second kappa shape index (κ2) is 7.59. The molecule has 2 N–H and O–H groups in total. The Balaban J connectivity index is 1.97. The first-order valence-electron chi connectivity index (χ1n) is 7.60. The number of anilines is 1. The molecule has 0 bridgehead atoms. The Hall–Kier alpha value is -1.36. The van der Waals surface area contributed by atoms with Crippen LogP contribution in [0, 0.1) is 6.92 Å². The first-order valence-corrected chi connectivity index (χ1v) is 9.09. The van der Waals surface area contributed by atoms with Crippen molar-refractivity contribution in [1.82, 2.24) is 5.32 Å². The lowest BCUT2D eigenvalue weighted by Crippen LogP contribution is -2.39. The lowest BCUT2D eigenvalue weighted by atomic mass is 10.1. The van der Waals surface area contributed by atoms with Crippen molar-refractivity contribution in [2.45, 2.75) is 39.2 Å². The fraction of sp³-hybridized carbons (Fsp3) is 0.562. The van der Waals surface area contributed by atoms with E-state index in [-0.39, 0.29) is 11.9 Å². The molecule has 1 fully saturated rings. The van der Waals surface area contributed by atoms with Gasteiger partial charge in [-0.2, -0.15) is 0 Å². The van der Waals surface area contributed by atoms with Gasteiger partial charge in [-0.3, -0.25) is 9.00 Å². The number of carbonyl (C=O) groups is 1. The molecule has 1 aromatic rings. The number of hydrogen-bond donors (Lipinski definition) is 2. The molecule has 5 heteroatoms. The molecule has 1 saturated heterocycles. The summed E-state index contributed by atoms with van der Waals surface area (Å²) in [6.07, 6.45) is 2.70. The van der Waals surface area contributed by atoms with E-state index in [0.717, 1.165) is 42.6 Å². The molecular formula is C16H24N2O2S. The summed E-state index contributed by atoms with van der Waals surface area (Å²) in [5, 5.41) is 6.39. The SMILES string of the molecule is CCCNc1ccc(C(=O)NC2CCS(=O)CC2)c(C)c1. The number of benzene rings is 1. The minimum Gasteiger partial charge on any atom is -0.385 e. The van der Waals surface area contributed by atoms with Crippen molar-refractivity contribution in [1.29, 1.82) is 0 Å². The van der Waals surface area contributed by atoms with Gasteiger partial charge in [0.05, 0.1) is 0 Å². The molecule has 0 radical (unpaired) electrons. The average molecular weight is 308 g/mol. The van der Waals surface area contributed by atoms with Gasteiger partial charge in [0.25, 0.3) is 5.91 Å². The molecule has 0 unspecified atom stereocenters. The van der Waals surface area contributed by atoms with Crippen molar-refractivity contribution in [3.05, 3.63) is 29.3 Å². The molecule has 0 saturated carbocycles. The summed E-state index contributed by atoms with van der Waals surface area (Å²) in [7, 11) is -0.691. The Morgan fingerprint density at radius 3 is 2.67 bits per heavy atom. The van der Waals surface area contributed by atoms with Crippen LogP contribution in [0.1, 0.15) is 42.1 Å². The van der Waals surface area contributed by atoms with Gasteiger partial charge >= 0.3 is 0 Å². The standard InChI is InChI=1S/C16H24N2O2S/c1-3-8-17-14-4-5-15(12(2)11-14)16(19)18-13-6-9-21(20)10-7-13/h4-5,11,13,17H,3,6-10H2,1-2H3,(H,18,19). The molecular weight excluding hydrogens is 284 g/mol. The van der Waals surface area contributed by atoms with Crippen LogP contribution in [0.4, 0.5) is 5.69 Å². The number of carbonyl (C=O) groups excluding carboxylic acids is 1. The molecule has 0 atom stereocenters. The summed E-state index contributed by atoms with van der Waals surface area (Å²) in [4.78, 5) is 12.3. The minimum atomic E-state index is -0.691. The maximum atomic E-state index is 12.3. The van der Waals surface area contributed by atoms with Crippen molar-refractivity contribution < 1.29 is 9.00 Å². The van der Waals surface area contributed by atoms with E-state index in [1.807, 2.05) is 25.1 Å². The van der Waals surface area contributed by atoms with E-state index in [2.05, 4.69) is 17.6 Å². The van der Waals surface area contributed by atoms with Gasteiger partial charge in [0.1, 0.15) is 0 Å². The molecule has 0 spiro atoms. The third-order valence-electron chi connectivity index (χ3n) is 3.77. The van der Waals surface area contributed by atoms with Gasteiger partial charge in [-0.25, -0.2) is 0 Å². The number of amides is 1. The molecule has 21 heavy (non-hydrogen) atoms. The highest BCUT2D eigenvalue weighted by molar-refractivity contribution is 7.85. The van der Waals surface area contributed by atoms with Gasteiger partial charge in [-0.05, 0) is 49.9 Å². The van der Waals surface area contributed by atoms with Gasteiger partial charge < -0.3 is 10.6 Å². The number of aryl methyl sites for hydroxylation is 1. The highest BCUT2D eigenvalue weighted by Crippen LogP contribution is 2.16. The fourth-order valence-corrected chi connectivity index (χ4v) is 3.80. The zero-order chi connectivity index (χ0) is 15.2. The van der Waals surface area contributed by atoms with Gasteiger partial charge in [0.2, 0.25) is 0 Å². The summed E-state index contributed by atoms with van der Waals surface area (Å²) in [6, 6.07) is 6.00. The maximum Gasteiger partial charge on any atom is 0.251 e. The van der Waals surface area contributed by atoms with Crippen molar-refractivity contribution in [3.63, 3.8) is 0 Å². The summed E-state index contributed by atoms with van der Waals surface area (Å²) in [5.41, 5.74) is 2.76. The zero-order valence-electron chi connectivity index (χ0n) is 12.8. The molecule has 116 valence electrons. The van der Waals surface area contributed by atoms with Crippen LogP contribution in [0.3, 0.4) is 0 Å². The largest absolute Gasteiger partial charge is 0.385 e. The predicted octanol–water partition coefficient (Wildman–Crippen LogP) is 2.46. The molecule has 0 aliphatic carbocycles. The highest BCUT2D eigenvalue weighted by atomic mass is 32.2. The summed E-state index contributed by atoms with van der Waals surface area (Å²) in [6.45, 7) is 5.02. The smallest absolute Gasteiger partial charge is 0.251 e. The molecule has 1 heterocycles. The predicted molar refractivity (Wildman–Crippen MR) is 88.3 cm³/mol. The molecule has 1 aromatic carbocycles. The Labute approximate surface area is 129 Å². The number of hydrogen-bond acceptors (Lipinski definition) is 3. The third kappa shape index (κ3) is 4.56. The molecule has 1 aliphatic heterocycles. The summed E-state index contributed by atoms with van der Waals surface area (Å²) < 4.78 is 11.3. The Morgan fingerprint density at radius 2 is 2.05 bits per heavy atom. The van der Waals surface area contributed by atoms with Crippen LogP contribution in [-0.2, 0) is 10.8 Å². The van der Waals surface area contributed by atoms with Crippen molar-refractivity contribution in [2.75, 3.05) is 23.4 Å². The molecule has 0 aromatic heterocycles. The normalized spacial score (nSPS) is 21.8. The third-order valence-corrected chi connectivity index (χ3v) is 5.16. The molecule has 1 amide bonds. The lowest BCUT2D eigenvalue weighted by molar-refractivity contribution is 0.0934. The van der Waals surface area contributed by atoms with E-state index in [4.69, 9.17) is 0 Å². The molecule has 1 aliphatic rings. The van der Waals surface area contributed by atoms with E-state index < -0.39 is 10.8 Å². The number of nitrogens with one attached hydrogen (secondary N) is 2. The van der Waals surface area contributed by atoms with Gasteiger partial charge in [-0.1, -0.05) is 6.92 Å². The zero-order valence-corrected chi connectivity index (χ0v) is 13.6. The van der Waals surface area contributed by atoms with Crippen molar-refractivity contribution in [3.8, 4) is 0 Å². The van der Waals surface area contributed by atoms with Crippen LogP contribution < -0.4 is 10.6 Å². The first-order chi connectivity index (χ1) is 10.1. The van der Waals surface area contributed by atoms with Crippen LogP contribution in [-0.4, -0.2) is 34.2 Å². The molecule has 2 rings (SSSR count). The Bertz CT molecular complexity index is 521. The average Bonchev–Trinajstić information content (AvgIpc) is 2.47. The second-order valence-electron chi connectivity index (χ2n) is 5.55. The van der Waals surface area contributed by atoms with Crippen LogP contribution in [0.2, 0.25) is 0 Å². The molecule has 4 nitrogen and oxygen atoms in total. The second-order valence-corrected chi connectivity index (χ2v) is 7.25. The van der Waals surface area contributed by atoms with E-state index in [1.54, 1.807) is 0 Å². The fourth-order valence-electron chi connectivity index (χ4n) is 2.50. The minimum absolute atomic E-state index is 0.0211. The number of rotatable bonds is 5. The highest BCUT2D eigenvalue weighted by Gasteiger charge is 2.20.